The van der Waals surface area contributed by atoms with Crippen LogP contribution in [0.5, 0.6) is 0 Å². The van der Waals surface area contributed by atoms with Gasteiger partial charge in [0.1, 0.15) is 0 Å². The molecule has 12 heavy (non-hydrogen) atoms. The van der Waals surface area contributed by atoms with Crippen molar-refractivity contribution in [3.8, 4) is 0 Å². The molecule has 0 saturated carbocycles. The normalized spacial score (nSPS) is 16.2. The van der Waals surface area contributed by atoms with Crippen molar-refractivity contribution in [3.05, 3.63) is 12.2 Å². The predicted molar refractivity (Wildman–Crippen MR) is 52.4 cm³/mol. The molecule has 0 fully saturated rings. The summed E-state index contributed by atoms with van der Waals surface area (Å²) in [5, 5.41) is 3.26. The first kappa shape index (κ1) is 9.10. The third kappa shape index (κ3) is 2.26. The van der Waals surface area contributed by atoms with E-state index in [1.54, 1.807) is 0 Å². The fourth-order valence-corrected chi connectivity index (χ4v) is 1.05. The molecule has 0 atom stereocenters. The van der Waals surface area contributed by atoms with Crippen LogP contribution >= 0.6 is 0 Å². The van der Waals surface area contributed by atoms with Crippen molar-refractivity contribution in [2.45, 2.75) is 13.3 Å². The van der Waals surface area contributed by atoms with Crippen LogP contribution in [-0.4, -0.2) is 37.5 Å². The molecule has 0 bridgehead atoms. The Bertz CT molecular complexity index is 196. The van der Waals surface area contributed by atoms with E-state index in [2.05, 4.69) is 28.7 Å². The second kappa shape index (κ2) is 4.14. The summed E-state index contributed by atoms with van der Waals surface area (Å²) in [5.41, 5.74) is 1.22. The van der Waals surface area contributed by atoms with Gasteiger partial charge in [0.15, 0.2) is 5.96 Å². The molecule has 0 spiro atoms. The maximum absolute atomic E-state index is 4.31. The lowest BCUT2D eigenvalue weighted by atomic mass is 10.2. The Labute approximate surface area is 74.2 Å². The fraction of sp³-hybridized carbons (Fsp3) is 0.667. The third-order valence-corrected chi connectivity index (χ3v) is 2.06. The van der Waals surface area contributed by atoms with E-state index in [4.69, 9.17) is 0 Å². The van der Waals surface area contributed by atoms with Crippen LogP contribution in [0.3, 0.4) is 0 Å². The Kier molecular flexibility index (Phi) is 3.14. The molecule has 0 aromatic rings. The standard InChI is InChI=1S/C9H17N3/c1-4-8(2)7-11-9-10-5-6-12(9)3/h2,4-7H2,1,3H3,(H,10,11). The number of nitrogens with zero attached hydrogens (tertiary/aromatic N) is 2. The molecule has 0 aliphatic carbocycles. The highest BCUT2D eigenvalue weighted by molar-refractivity contribution is 5.81. The van der Waals surface area contributed by atoms with Crippen molar-refractivity contribution in [2.24, 2.45) is 4.99 Å². The van der Waals surface area contributed by atoms with E-state index < -0.39 is 0 Å². The average molecular weight is 167 g/mol. The Morgan fingerprint density at radius 3 is 3.00 bits per heavy atom. The number of nitrogens with one attached hydrogen (secondary N) is 1. The highest BCUT2D eigenvalue weighted by Gasteiger charge is 2.10. The topological polar surface area (TPSA) is 27.6 Å². The molecular weight excluding hydrogens is 150 g/mol. The highest BCUT2D eigenvalue weighted by atomic mass is 15.3. The lowest BCUT2D eigenvalue weighted by Gasteiger charge is -2.15. The number of likely N-dealkylation sites (N-methyl/N-ethyl adjacent to an activating group) is 1. The van der Waals surface area contributed by atoms with Gasteiger partial charge in [-0.2, -0.15) is 0 Å². The van der Waals surface area contributed by atoms with Crippen molar-refractivity contribution < 1.29 is 0 Å². The van der Waals surface area contributed by atoms with E-state index in [1.807, 2.05) is 7.05 Å². The van der Waals surface area contributed by atoms with E-state index in [0.717, 1.165) is 32.0 Å². The molecule has 1 aliphatic rings. The van der Waals surface area contributed by atoms with E-state index in [0.29, 0.717) is 0 Å². The summed E-state index contributed by atoms with van der Waals surface area (Å²) in [4.78, 5) is 6.44. The van der Waals surface area contributed by atoms with Gasteiger partial charge in [-0.15, -0.1) is 0 Å². The van der Waals surface area contributed by atoms with Crippen molar-refractivity contribution in [1.29, 1.82) is 0 Å². The molecule has 1 rings (SSSR count). The first-order chi connectivity index (χ1) is 5.74. The molecule has 0 unspecified atom stereocenters. The van der Waals surface area contributed by atoms with Gasteiger partial charge in [-0.05, 0) is 6.42 Å². The minimum Gasteiger partial charge on any atom is -0.353 e. The zero-order valence-electron chi connectivity index (χ0n) is 7.93. The number of aliphatic imine (C=N–C) groups is 1. The van der Waals surface area contributed by atoms with Crippen LogP contribution in [-0.2, 0) is 0 Å². The van der Waals surface area contributed by atoms with Crippen molar-refractivity contribution in [3.63, 3.8) is 0 Å². The van der Waals surface area contributed by atoms with Gasteiger partial charge in [0, 0.05) is 20.1 Å². The second-order valence-corrected chi connectivity index (χ2v) is 3.08. The van der Waals surface area contributed by atoms with Gasteiger partial charge in [0.05, 0.1) is 6.54 Å². The van der Waals surface area contributed by atoms with Gasteiger partial charge >= 0.3 is 0 Å². The third-order valence-electron chi connectivity index (χ3n) is 2.06. The molecular formula is C9H17N3. The van der Waals surface area contributed by atoms with Crippen LogP contribution in [0.4, 0.5) is 0 Å². The van der Waals surface area contributed by atoms with Gasteiger partial charge in [-0.25, -0.2) is 0 Å². The number of guanidine groups is 1. The second-order valence-electron chi connectivity index (χ2n) is 3.08. The van der Waals surface area contributed by atoms with E-state index in [1.165, 1.54) is 5.57 Å². The maximum Gasteiger partial charge on any atom is 0.194 e. The summed E-state index contributed by atoms with van der Waals surface area (Å²) in [5.74, 6) is 1.00. The van der Waals surface area contributed by atoms with Gasteiger partial charge in [0.25, 0.3) is 0 Å². The van der Waals surface area contributed by atoms with E-state index in [9.17, 15) is 0 Å². The maximum atomic E-state index is 4.31. The summed E-state index contributed by atoms with van der Waals surface area (Å²) in [7, 11) is 2.05. The Hall–Kier alpha value is -0.990. The summed E-state index contributed by atoms with van der Waals surface area (Å²) in [6.45, 7) is 8.83. The Morgan fingerprint density at radius 1 is 1.75 bits per heavy atom. The SMILES string of the molecule is C=C(CC)CNC1=NCCN1C. The molecule has 3 heteroatoms. The van der Waals surface area contributed by atoms with Gasteiger partial charge in [-0.1, -0.05) is 19.1 Å². The van der Waals surface area contributed by atoms with Crippen molar-refractivity contribution in [2.75, 3.05) is 26.7 Å². The van der Waals surface area contributed by atoms with E-state index >= 15 is 0 Å². The molecule has 0 radical (unpaired) electrons. The number of hydrogen-bond acceptors (Lipinski definition) is 3. The molecule has 3 nitrogen and oxygen atoms in total. The highest BCUT2D eigenvalue weighted by Crippen LogP contribution is 1.97. The number of rotatable bonds is 3. The monoisotopic (exact) mass is 167 g/mol. The lowest BCUT2D eigenvalue weighted by Crippen LogP contribution is -2.36. The first-order valence-electron chi connectivity index (χ1n) is 4.40. The average Bonchev–Trinajstić information content (AvgIpc) is 2.47. The van der Waals surface area contributed by atoms with Crippen LogP contribution in [0, 0.1) is 0 Å². The quantitative estimate of drug-likeness (QED) is 0.631. The van der Waals surface area contributed by atoms with Crippen LogP contribution in [0.15, 0.2) is 17.1 Å². The van der Waals surface area contributed by atoms with Gasteiger partial charge in [-0.3, -0.25) is 4.99 Å². The van der Waals surface area contributed by atoms with Gasteiger partial charge in [0.2, 0.25) is 0 Å². The number of hydrogen-bond donors (Lipinski definition) is 1. The van der Waals surface area contributed by atoms with Crippen molar-refractivity contribution in [1.82, 2.24) is 10.2 Å². The van der Waals surface area contributed by atoms with Crippen LogP contribution < -0.4 is 5.32 Å². The molecule has 1 N–H and O–H groups in total. The summed E-state index contributed by atoms with van der Waals surface area (Å²) < 4.78 is 0. The van der Waals surface area contributed by atoms with Crippen LogP contribution in [0.2, 0.25) is 0 Å². The smallest absolute Gasteiger partial charge is 0.194 e. The lowest BCUT2D eigenvalue weighted by molar-refractivity contribution is 0.537. The molecule has 1 aliphatic heterocycles. The minimum atomic E-state index is 0.847. The summed E-state index contributed by atoms with van der Waals surface area (Å²) >= 11 is 0. The molecule has 0 aromatic heterocycles. The first-order valence-corrected chi connectivity index (χ1v) is 4.40. The Morgan fingerprint density at radius 2 is 2.50 bits per heavy atom. The largest absolute Gasteiger partial charge is 0.353 e. The molecule has 68 valence electrons. The summed E-state index contributed by atoms with van der Waals surface area (Å²) in [6.07, 6.45) is 1.03. The van der Waals surface area contributed by atoms with Crippen molar-refractivity contribution >= 4 is 5.96 Å². The van der Waals surface area contributed by atoms with Crippen LogP contribution in [0.25, 0.3) is 0 Å². The fourth-order valence-electron chi connectivity index (χ4n) is 1.05. The zero-order valence-corrected chi connectivity index (χ0v) is 7.93. The summed E-state index contributed by atoms with van der Waals surface area (Å²) in [6, 6.07) is 0. The molecule has 0 amide bonds. The van der Waals surface area contributed by atoms with E-state index in [-0.39, 0.29) is 0 Å². The zero-order chi connectivity index (χ0) is 8.97. The molecule has 0 saturated heterocycles. The predicted octanol–water partition coefficient (Wildman–Crippen LogP) is 0.844. The van der Waals surface area contributed by atoms with Crippen LogP contribution in [0.1, 0.15) is 13.3 Å². The minimum absolute atomic E-state index is 0.847. The Balaban J connectivity index is 2.27. The molecule has 0 aromatic carbocycles. The van der Waals surface area contributed by atoms with Gasteiger partial charge < -0.3 is 10.2 Å². The molecule has 1 heterocycles.